The molecular weight excluding hydrogens is 160 g/mol. The Morgan fingerprint density at radius 2 is 2.00 bits per heavy atom. The monoisotopic (exact) mass is 179 g/mol. The molecule has 2 aliphatic heterocycles. The normalized spacial score (nSPS) is 26.3. The number of rotatable bonds is 0. The minimum Gasteiger partial charge on any atom is -0.385 e. The first-order valence-corrected chi connectivity index (χ1v) is 5.22. The van der Waals surface area contributed by atoms with Crippen LogP contribution in [0.3, 0.4) is 0 Å². The third kappa shape index (κ3) is 1.93. The Hall–Kier alpha value is -0.790. The summed E-state index contributed by atoms with van der Waals surface area (Å²) in [6, 6.07) is 0. The third-order valence-corrected chi connectivity index (χ3v) is 2.89. The van der Waals surface area contributed by atoms with Gasteiger partial charge in [-0.05, 0) is 13.8 Å². The molecule has 0 aromatic heterocycles. The molecule has 0 atom stereocenters. The molecule has 0 radical (unpaired) electrons. The molecule has 0 aromatic carbocycles. The van der Waals surface area contributed by atoms with Gasteiger partial charge in [-0.2, -0.15) is 0 Å². The van der Waals surface area contributed by atoms with Crippen LogP contribution in [-0.2, 0) is 0 Å². The lowest BCUT2D eigenvalue weighted by Crippen LogP contribution is -2.42. The topological polar surface area (TPSA) is 15.0 Å². The van der Waals surface area contributed by atoms with Crippen molar-refractivity contribution >= 4 is 5.71 Å². The van der Waals surface area contributed by atoms with E-state index in [1.807, 2.05) is 0 Å². The minimum atomic E-state index is 0.243. The molecule has 0 aromatic rings. The van der Waals surface area contributed by atoms with Gasteiger partial charge in [-0.25, -0.2) is 4.58 Å². The summed E-state index contributed by atoms with van der Waals surface area (Å²) in [5.74, 6) is 0. The van der Waals surface area contributed by atoms with Crippen LogP contribution in [0.15, 0.2) is 12.3 Å². The molecule has 72 valence electrons. The fourth-order valence-electron chi connectivity index (χ4n) is 2.15. The molecule has 13 heavy (non-hydrogen) atoms. The maximum atomic E-state index is 3.38. The standard InChI is InChI=1S/C11H18N2/c1-11(2)9-10(5-6-12-11)13-7-3-4-8-13/h5-6H,3-4,7-9H2,1-2H3/p+1. The van der Waals surface area contributed by atoms with E-state index >= 15 is 0 Å². The van der Waals surface area contributed by atoms with Crippen LogP contribution >= 0.6 is 0 Å². The highest BCUT2D eigenvalue weighted by atomic mass is 15.0. The first-order valence-electron chi connectivity index (χ1n) is 5.22. The molecule has 1 fully saturated rings. The summed E-state index contributed by atoms with van der Waals surface area (Å²) in [4.78, 5) is 0. The fourth-order valence-corrected chi connectivity index (χ4v) is 2.15. The van der Waals surface area contributed by atoms with E-state index in [0.717, 1.165) is 6.42 Å². The molecule has 2 rings (SSSR count). The Morgan fingerprint density at radius 1 is 1.31 bits per heavy atom. The van der Waals surface area contributed by atoms with Crippen LogP contribution in [0, 0.1) is 0 Å². The number of allylic oxidation sites excluding steroid dienone is 1. The van der Waals surface area contributed by atoms with Crippen LogP contribution in [0.2, 0.25) is 0 Å². The lowest BCUT2D eigenvalue weighted by Gasteiger charge is -2.27. The molecule has 2 heteroatoms. The van der Waals surface area contributed by atoms with Crippen LogP contribution in [-0.4, -0.2) is 28.9 Å². The van der Waals surface area contributed by atoms with Gasteiger partial charge in [0.25, 0.3) is 0 Å². The zero-order valence-electron chi connectivity index (χ0n) is 8.64. The third-order valence-electron chi connectivity index (χ3n) is 2.89. The molecule has 0 amide bonds. The Balaban J connectivity index is 2.20. The highest BCUT2D eigenvalue weighted by molar-refractivity contribution is 5.92. The predicted octanol–water partition coefficient (Wildman–Crippen LogP) is 1.52. The molecule has 2 heterocycles. The van der Waals surface area contributed by atoms with Gasteiger partial charge in [-0.3, -0.25) is 0 Å². The van der Waals surface area contributed by atoms with Gasteiger partial charge >= 0.3 is 0 Å². The van der Waals surface area contributed by atoms with Crippen molar-refractivity contribution < 1.29 is 4.58 Å². The second-order valence-electron chi connectivity index (χ2n) is 4.72. The van der Waals surface area contributed by atoms with Crippen molar-refractivity contribution in [2.24, 2.45) is 0 Å². The van der Waals surface area contributed by atoms with Gasteiger partial charge in [-0.15, -0.1) is 0 Å². The van der Waals surface area contributed by atoms with Crippen molar-refractivity contribution in [2.75, 3.05) is 13.1 Å². The Morgan fingerprint density at radius 3 is 2.62 bits per heavy atom. The first kappa shape index (κ1) is 8.79. The fraction of sp³-hybridized carbons (Fsp3) is 0.727. The van der Waals surface area contributed by atoms with Gasteiger partial charge in [0.15, 0.2) is 5.71 Å². The van der Waals surface area contributed by atoms with Crippen LogP contribution < -0.4 is 5.32 Å². The van der Waals surface area contributed by atoms with Crippen molar-refractivity contribution in [1.29, 1.82) is 0 Å². The summed E-state index contributed by atoms with van der Waals surface area (Å²) < 4.78 is 2.53. The van der Waals surface area contributed by atoms with E-state index in [-0.39, 0.29) is 5.54 Å². The smallest absolute Gasteiger partial charge is 0.179 e. The summed E-state index contributed by atoms with van der Waals surface area (Å²) in [5, 5.41) is 3.38. The molecule has 2 aliphatic rings. The van der Waals surface area contributed by atoms with Crippen molar-refractivity contribution in [2.45, 2.75) is 38.6 Å². The Labute approximate surface area is 80.3 Å². The second-order valence-corrected chi connectivity index (χ2v) is 4.72. The average Bonchev–Trinajstić information content (AvgIpc) is 2.53. The second kappa shape index (κ2) is 3.17. The van der Waals surface area contributed by atoms with E-state index in [9.17, 15) is 0 Å². The van der Waals surface area contributed by atoms with E-state index in [4.69, 9.17) is 0 Å². The predicted molar refractivity (Wildman–Crippen MR) is 55.2 cm³/mol. The van der Waals surface area contributed by atoms with Crippen LogP contribution in [0.25, 0.3) is 0 Å². The summed E-state index contributed by atoms with van der Waals surface area (Å²) in [6.07, 6.45) is 8.22. The number of hydrogen-bond acceptors (Lipinski definition) is 1. The van der Waals surface area contributed by atoms with E-state index in [1.165, 1.54) is 31.6 Å². The van der Waals surface area contributed by atoms with Crippen molar-refractivity contribution in [3.05, 3.63) is 12.3 Å². The molecule has 1 N–H and O–H groups in total. The quantitative estimate of drug-likeness (QED) is 0.557. The zero-order chi connectivity index (χ0) is 9.31. The molecule has 1 saturated heterocycles. The zero-order valence-corrected chi connectivity index (χ0v) is 8.64. The lowest BCUT2D eigenvalue weighted by molar-refractivity contribution is -0.506. The van der Waals surface area contributed by atoms with Gasteiger partial charge < -0.3 is 5.32 Å². The van der Waals surface area contributed by atoms with Gasteiger partial charge in [-0.1, -0.05) is 0 Å². The molecule has 0 bridgehead atoms. The summed E-state index contributed by atoms with van der Waals surface area (Å²) in [5.41, 5.74) is 1.76. The Kier molecular flexibility index (Phi) is 2.14. The van der Waals surface area contributed by atoms with E-state index in [1.54, 1.807) is 0 Å². The van der Waals surface area contributed by atoms with Crippen molar-refractivity contribution in [3.63, 3.8) is 0 Å². The van der Waals surface area contributed by atoms with E-state index < -0.39 is 0 Å². The highest BCUT2D eigenvalue weighted by Crippen LogP contribution is 2.15. The molecule has 0 saturated carbocycles. The molecule has 2 nitrogen and oxygen atoms in total. The number of nitrogens with one attached hydrogen (secondary N) is 1. The van der Waals surface area contributed by atoms with Crippen LogP contribution in [0.4, 0.5) is 0 Å². The van der Waals surface area contributed by atoms with Gasteiger partial charge in [0.1, 0.15) is 13.1 Å². The number of nitrogens with zero attached hydrogens (tertiary/aromatic N) is 1. The van der Waals surface area contributed by atoms with E-state index in [2.05, 4.69) is 36.0 Å². The highest BCUT2D eigenvalue weighted by Gasteiger charge is 2.27. The maximum Gasteiger partial charge on any atom is 0.179 e. The van der Waals surface area contributed by atoms with Gasteiger partial charge in [0.05, 0.1) is 6.42 Å². The van der Waals surface area contributed by atoms with Crippen LogP contribution in [0.1, 0.15) is 33.1 Å². The van der Waals surface area contributed by atoms with Crippen molar-refractivity contribution in [1.82, 2.24) is 5.32 Å². The SMILES string of the molecule is CC1(C)CC(=[N+]2CCCC2)C=CN1. The molecular formula is C11H19N2+. The summed E-state index contributed by atoms with van der Waals surface area (Å²) in [6.45, 7) is 7.03. The van der Waals surface area contributed by atoms with E-state index in [0.29, 0.717) is 0 Å². The largest absolute Gasteiger partial charge is 0.385 e. The molecule has 0 aliphatic carbocycles. The maximum absolute atomic E-state index is 3.38. The van der Waals surface area contributed by atoms with Gasteiger partial charge in [0.2, 0.25) is 0 Å². The summed E-state index contributed by atoms with van der Waals surface area (Å²) in [7, 11) is 0. The lowest BCUT2D eigenvalue weighted by atomic mass is 9.94. The first-order chi connectivity index (χ1) is 6.17. The van der Waals surface area contributed by atoms with Gasteiger partial charge in [0, 0.05) is 30.7 Å². The molecule has 0 unspecified atom stereocenters. The summed E-state index contributed by atoms with van der Waals surface area (Å²) >= 11 is 0. The Bertz CT molecular complexity index is 253. The number of hydrogen-bond donors (Lipinski definition) is 1. The average molecular weight is 179 g/mol. The van der Waals surface area contributed by atoms with Crippen LogP contribution in [0.5, 0.6) is 0 Å². The minimum absolute atomic E-state index is 0.243. The van der Waals surface area contributed by atoms with Crippen molar-refractivity contribution in [3.8, 4) is 0 Å². The molecule has 0 spiro atoms.